The molecule has 0 saturated carbocycles. The molecule has 0 rings (SSSR count). The first-order valence-electron chi connectivity index (χ1n) is 2.57. The van der Waals surface area contributed by atoms with Crippen molar-refractivity contribution in [3.63, 3.8) is 0 Å². The Kier molecular flexibility index (Phi) is 5.39. The lowest BCUT2D eigenvalue weighted by atomic mass is 10.8. The van der Waals surface area contributed by atoms with Crippen LogP contribution in [0.15, 0.2) is 0 Å². The molecule has 1 N–H and O–H groups in total. The molecule has 0 aliphatic rings. The summed E-state index contributed by atoms with van der Waals surface area (Å²) in [5.41, 5.74) is 0. The highest BCUT2D eigenvalue weighted by Gasteiger charge is 1.90. The third-order valence-electron chi connectivity index (χ3n) is 0.643. The lowest BCUT2D eigenvalue weighted by molar-refractivity contribution is 0.208. The van der Waals surface area contributed by atoms with Gasteiger partial charge >= 0.3 is 0 Å². The van der Waals surface area contributed by atoms with Crippen LogP contribution < -0.4 is 0 Å². The van der Waals surface area contributed by atoms with E-state index in [-0.39, 0.29) is 13.2 Å². The van der Waals surface area contributed by atoms with Crippen LogP contribution in [0.3, 0.4) is 0 Å². The van der Waals surface area contributed by atoms with Crippen LogP contribution >= 0.6 is 8.03 Å². The molecule has 1 unspecified atom stereocenters. The fourth-order valence-corrected chi connectivity index (χ4v) is 0.785. The Morgan fingerprint density at radius 3 is 2.75 bits per heavy atom. The van der Waals surface area contributed by atoms with Gasteiger partial charge in [-0.2, -0.15) is 0 Å². The maximum Gasteiger partial charge on any atom is 0.191 e. The van der Waals surface area contributed by atoms with Crippen LogP contribution in [-0.4, -0.2) is 24.5 Å². The summed E-state index contributed by atoms with van der Waals surface area (Å²) < 4.78 is 15.1. The van der Waals surface area contributed by atoms with E-state index in [0.29, 0.717) is 6.16 Å². The number of hydrogen-bond acceptors (Lipinski definition) is 3. The quantitative estimate of drug-likeness (QED) is 0.575. The fourth-order valence-electron chi connectivity index (χ4n) is 0.262. The summed E-state index contributed by atoms with van der Waals surface area (Å²) in [5.74, 6) is 0. The van der Waals surface area contributed by atoms with Gasteiger partial charge in [0, 0.05) is 6.16 Å². The van der Waals surface area contributed by atoms with E-state index in [1.54, 1.807) is 6.92 Å². The molecule has 8 heavy (non-hydrogen) atoms. The van der Waals surface area contributed by atoms with E-state index >= 15 is 0 Å². The van der Waals surface area contributed by atoms with Crippen LogP contribution in [0, 0.1) is 0 Å². The Morgan fingerprint density at radius 2 is 2.38 bits per heavy atom. The highest BCUT2D eigenvalue weighted by molar-refractivity contribution is 7.39. The minimum atomic E-state index is -1.80. The smallest absolute Gasteiger partial charge is 0.191 e. The lowest BCUT2D eigenvalue weighted by Gasteiger charge is -1.96. The zero-order valence-electron chi connectivity index (χ0n) is 4.89. The molecule has 0 aliphatic carbocycles. The number of aliphatic hydroxyl groups is 1. The summed E-state index contributed by atoms with van der Waals surface area (Å²) in [6, 6.07) is 0. The van der Waals surface area contributed by atoms with Gasteiger partial charge in [-0.25, -0.2) is 0 Å². The molecule has 0 saturated heterocycles. The van der Waals surface area contributed by atoms with Gasteiger partial charge in [-0.3, -0.25) is 4.57 Å². The second-order valence-electron chi connectivity index (χ2n) is 1.30. The van der Waals surface area contributed by atoms with Crippen LogP contribution in [-0.2, 0) is 9.09 Å². The molecule has 0 aliphatic heterocycles. The highest BCUT2D eigenvalue weighted by Crippen LogP contribution is 2.19. The Morgan fingerprint density at radius 1 is 1.75 bits per heavy atom. The Hall–Kier alpha value is 0.150. The SMILES string of the molecule is CC[PH](=O)OCCO. The minimum Gasteiger partial charge on any atom is -0.394 e. The first kappa shape index (κ1) is 8.15. The van der Waals surface area contributed by atoms with E-state index in [4.69, 9.17) is 5.11 Å². The highest BCUT2D eigenvalue weighted by atomic mass is 31.1. The second kappa shape index (κ2) is 5.29. The van der Waals surface area contributed by atoms with Crippen molar-refractivity contribution >= 4 is 8.03 Å². The second-order valence-corrected chi connectivity index (χ2v) is 3.04. The van der Waals surface area contributed by atoms with Crippen molar-refractivity contribution in [3.05, 3.63) is 0 Å². The maximum absolute atomic E-state index is 10.4. The zero-order valence-corrected chi connectivity index (χ0v) is 5.89. The first-order chi connectivity index (χ1) is 3.81. The molecule has 4 heteroatoms. The van der Waals surface area contributed by atoms with Crippen molar-refractivity contribution in [2.75, 3.05) is 19.4 Å². The van der Waals surface area contributed by atoms with Gasteiger partial charge in [0.15, 0.2) is 8.03 Å². The van der Waals surface area contributed by atoms with E-state index in [0.717, 1.165) is 0 Å². The lowest BCUT2D eigenvalue weighted by Crippen LogP contribution is -1.91. The van der Waals surface area contributed by atoms with Crippen LogP contribution in [0.25, 0.3) is 0 Å². The normalized spacial score (nSPS) is 13.8. The maximum atomic E-state index is 10.4. The molecule has 0 spiro atoms. The fraction of sp³-hybridized carbons (Fsp3) is 1.00. The van der Waals surface area contributed by atoms with Crippen LogP contribution in [0.4, 0.5) is 0 Å². The topological polar surface area (TPSA) is 46.5 Å². The standard InChI is InChI=1S/C4H11O3P/c1-2-8(6)7-4-3-5/h5,8H,2-4H2,1H3. The molecule has 0 bridgehead atoms. The largest absolute Gasteiger partial charge is 0.394 e. The summed E-state index contributed by atoms with van der Waals surface area (Å²) in [6.07, 6.45) is 0.560. The molecule has 0 radical (unpaired) electrons. The molecule has 0 aromatic rings. The summed E-state index contributed by atoms with van der Waals surface area (Å²) >= 11 is 0. The molecule has 0 fully saturated rings. The van der Waals surface area contributed by atoms with Crippen molar-refractivity contribution in [3.8, 4) is 0 Å². The van der Waals surface area contributed by atoms with Crippen molar-refractivity contribution in [2.24, 2.45) is 0 Å². The van der Waals surface area contributed by atoms with E-state index in [2.05, 4.69) is 4.52 Å². The third kappa shape index (κ3) is 4.31. The molecule has 0 aromatic carbocycles. The predicted octanol–water partition coefficient (Wildman–Crippen LogP) is 0.490. The van der Waals surface area contributed by atoms with Gasteiger partial charge < -0.3 is 9.63 Å². The van der Waals surface area contributed by atoms with Crippen LogP contribution in [0.1, 0.15) is 6.92 Å². The number of aliphatic hydroxyl groups excluding tert-OH is 1. The van der Waals surface area contributed by atoms with E-state index in [1.807, 2.05) is 0 Å². The number of rotatable bonds is 4. The van der Waals surface area contributed by atoms with Crippen molar-refractivity contribution in [1.29, 1.82) is 0 Å². The summed E-state index contributed by atoms with van der Waals surface area (Å²) in [6.45, 7) is 1.95. The monoisotopic (exact) mass is 138 g/mol. The van der Waals surface area contributed by atoms with Gasteiger partial charge in [-0.1, -0.05) is 6.92 Å². The molecule has 3 nitrogen and oxygen atoms in total. The minimum absolute atomic E-state index is 0.0452. The van der Waals surface area contributed by atoms with Gasteiger partial charge in [-0.05, 0) is 0 Å². The molecular weight excluding hydrogens is 127 g/mol. The third-order valence-corrected chi connectivity index (χ3v) is 1.75. The summed E-state index contributed by atoms with van der Waals surface area (Å²) in [5, 5.41) is 8.16. The molecule has 0 amide bonds. The molecular formula is C4H11O3P. The van der Waals surface area contributed by atoms with Gasteiger partial charge in [-0.15, -0.1) is 0 Å². The van der Waals surface area contributed by atoms with Gasteiger partial charge in [0.05, 0.1) is 13.2 Å². The Labute approximate surface area is 49.5 Å². The molecule has 50 valence electrons. The average molecular weight is 138 g/mol. The van der Waals surface area contributed by atoms with Crippen molar-refractivity contribution < 1.29 is 14.2 Å². The summed E-state index contributed by atoms with van der Waals surface area (Å²) in [4.78, 5) is 0. The van der Waals surface area contributed by atoms with E-state index in [9.17, 15) is 4.57 Å². The predicted molar refractivity (Wildman–Crippen MR) is 32.6 cm³/mol. The first-order valence-corrected chi connectivity index (χ1v) is 4.10. The van der Waals surface area contributed by atoms with Crippen molar-refractivity contribution in [1.82, 2.24) is 0 Å². The van der Waals surface area contributed by atoms with Crippen LogP contribution in [0.2, 0.25) is 0 Å². The molecule has 1 atom stereocenters. The average Bonchev–Trinajstić information content (AvgIpc) is 1.83. The number of hydrogen-bond donors (Lipinski definition) is 1. The Balaban J connectivity index is 2.99. The van der Waals surface area contributed by atoms with Gasteiger partial charge in [0.25, 0.3) is 0 Å². The molecule has 0 heterocycles. The molecule has 0 aromatic heterocycles. The van der Waals surface area contributed by atoms with Crippen molar-refractivity contribution in [2.45, 2.75) is 6.92 Å². The van der Waals surface area contributed by atoms with Gasteiger partial charge in [0.2, 0.25) is 0 Å². The Bertz CT molecular complexity index is 73.7. The summed E-state index contributed by atoms with van der Waals surface area (Å²) in [7, 11) is -1.80. The van der Waals surface area contributed by atoms with E-state index < -0.39 is 8.03 Å². The van der Waals surface area contributed by atoms with Crippen LogP contribution in [0.5, 0.6) is 0 Å². The van der Waals surface area contributed by atoms with E-state index in [1.165, 1.54) is 0 Å². The van der Waals surface area contributed by atoms with Gasteiger partial charge in [0.1, 0.15) is 0 Å². The zero-order chi connectivity index (χ0) is 6.41.